The molecule has 0 N–H and O–H groups in total. The number of ether oxygens (including phenoxy) is 1. The molecule has 1 aromatic rings. The van der Waals surface area contributed by atoms with Crippen molar-refractivity contribution in [1.82, 2.24) is 0 Å². The molecular weight excluding hydrogens is 162 g/mol. The van der Waals surface area contributed by atoms with Gasteiger partial charge in [-0.1, -0.05) is 0 Å². The van der Waals surface area contributed by atoms with E-state index in [1.54, 1.807) is 7.11 Å². The summed E-state index contributed by atoms with van der Waals surface area (Å²) in [5.74, 6) is 0.912. The van der Waals surface area contributed by atoms with Gasteiger partial charge in [-0.15, -0.1) is 0 Å². The Labute approximate surface area is 78.3 Å². The Morgan fingerprint density at radius 2 is 2.38 bits per heavy atom. The molecule has 1 aliphatic rings. The molecule has 2 heteroatoms. The molecule has 13 heavy (non-hydrogen) atoms. The van der Waals surface area contributed by atoms with Gasteiger partial charge >= 0.3 is 0 Å². The predicted octanol–water partition coefficient (Wildman–Crippen LogP) is 1.94. The first-order valence-corrected chi connectivity index (χ1v) is 4.42. The van der Waals surface area contributed by atoms with Crippen LogP contribution in [0.25, 0.3) is 0 Å². The summed E-state index contributed by atoms with van der Waals surface area (Å²) in [6.07, 6.45) is 4.02. The Balaban J connectivity index is 2.40. The van der Waals surface area contributed by atoms with Crippen molar-refractivity contribution in [2.24, 2.45) is 4.99 Å². The lowest BCUT2D eigenvalue weighted by Crippen LogP contribution is -2.11. The molecule has 0 aliphatic carbocycles. The zero-order valence-electron chi connectivity index (χ0n) is 7.87. The number of hydrogen-bond acceptors (Lipinski definition) is 2. The van der Waals surface area contributed by atoms with Gasteiger partial charge in [0.1, 0.15) is 5.75 Å². The average Bonchev–Trinajstić information content (AvgIpc) is 2.16. The van der Waals surface area contributed by atoms with Crippen LogP contribution in [0.3, 0.4) is 0 Å². The molecule has 1 unspecified atom stereocenters. The van der Waals surface area contributed by atoms with Crippen LogP contribution in [0.2, 0.25) is 0 Å². The van der Waals surface area contributed by atoms with Crippen LogP contribution in [0.15, 0.2) is 23.2 Å². The molecule has 1 heterocycles. The minimum atomic E-state index is 0.347. The monoisotopic (exact) mass is 174 g/mol. The fourth-order valence-electron chi connectivity index (χ4n) is 1.52. The highest BCUT2D eigenvalue weighted by Crippen LogP contribution is 2.21. The van der Waals surface area contributed by atoms with Crippen LogP contribution < -0.4 is 4.74 Å². The number of hydrogen-bond donors (Lipinski definition) is 0. The zero-order valence-corrected chi connectivity index (χ0v) is 7.87. The summed E-state index contributed by atoms with van der Waals surface area (Å²) < 4.78 is 5.16. The third-order valence-corrected chi connectivity index (χ3v) is 2.23. The SMILES string of the molecule is COc1ccc2c(c1)CC(C)N=[C]2. The second-order valence-electron chi connectivity index (χ2n) is 3.32. The highest BCUT2D eigenvalue weighted by atomic mass is 16.5. The van der Waals surface area contributed by atoms with Crippen LogP contribution in [0, 0.1) is 0 Å². The first-order chi connectivity index (χ1) is 6.29. The molecule has 67 valence electrons. The van der Waals surface area contributed by atoms with E-state index in [-0.39, 0.29) is 0 Å². The number of benzene rings is 1. The molecule has 0 bridgehead atoms. The number of rotatable bonds is 1. The molecule has 0 amide bonds. The van der Waals surface area contributed by atoms with Crippen molar-refractivity contribution in [2.75, 3.05) is 7.11 Å². The summed E-state index contributed by atoms with van der Waals surface area (Å²) >= 11 is 0. The van der Waals surface area contributed by atoms with Gasteiger partial charge in [0.2, 0.25) is 0 Å². The van der Waals surface area contributed by atoms with E-state index in [0.717, 1.165) is 17.7 Å². The Morgan fingerprint density at radius 1 is 1.54 bits per heavy atom. The first-order valence-electron chi connectivity index (χ1n) is 4.42. The van der Waals surface area contributed by atoms with Crippen LogP contribution >= 0.6 is 0 Å². The molecular formula is C11H12NO. The number of fused-ring (bicyclic) bond motifs is 1. The third kappa shape index (κ3) is 1.57. The predicted molar refractivity (Wildman–Crippen MR) is 52.7 cm³/mol. The summed E-state index contributed by atoms with van der Waals surface area (Å²) in [6, 6.07) is 6.36. The lowest BCUT2D eigenvalue weighted by atomic mass is 9.99. The van der Waals surface area contributed by atoms with E-state index in [4.69, 9.17) is 4.74 Å². The first kappa shape index (κ1) is 8.30. The fourth-order valence-corrected chi connectivity index (χ4v) is 1.52. The largest absolute Gasteiger partial charge is 0.497 e. The van der Waals surface area contributed by atoms with Crippen molar-refractivity contribution < 1.29 is 4.74 Å². The van der Waals surface area contributed by atoms with Crippen LogP contribution in [0.5, 0.6) is 5.75 Å². The van der Waals surface area contributed by atoms with Crippen LogP contribution in [0.4, 0.5) is 0 Å². The van der Waals surface area contributed by atoms with E-state index in [9.17, 15) is 0 Å². The molecule has 0 aromatic heterocycles. The second kappa shape index (κ2) is 3.21. The normalized spacial score (nSPS) is 19.7. The summed E-state index contributed by atoms with van der Waals surface area (Å²) in [7, 11) is 1.69. The molecule has 0 spiro atoms. The second-order valence-corrected chi connectivity index (χ2v) is 3.32. The molecule has 2 rings (SSSR count). The van der Waals surface area contributed by atoms with E-state index >= 15 is 0 Å². The maximum atomic E-state index is 5.16. The fraction of sp³-hybridized carbons (Fsp3) is 0.364. The molecule has 0 fully saturated rings. The number of aliphatic imine (C=N–C) groups is 1. The van der Waals surface area contributed by atoms with Gasteiger partial charge in [0.25, 0.3) is 0 Å². The summed E-state index contributed by atoms with van der Waals surface area (Å²) in [5.41, 5.74) is 2.38. The van der Waals surface area contributed by atoms with Gasteiger partial charge in [-0.25, -0.2) is 0 Å². The molecule has 2 nitrogen and oxygen atoms in total. The third-order valence-electron chi connectivity index (χ3n) is 2.23. The van der Waals surface area contributed by atoms with E-state index in [0.29, 0.717) is 6.04 Å². The van der Waals surface area contributed by atoms with Crippen molar-refractivity contribution in [3.63, 3.8) is 0 Å². The molecule has 1 radical (unpaired) electrons. The summed E-state index contributed by atoms with van der Waals surface area (Å²) in [5, 5.41) is 0. The van der Waals surface area contributed by atoms with Crippen molar-refractivity contribution >= 4 is 6.21 Å². The lowest BCUT2D eigenvalue weighted by molar-refractivity contribution is 0.414. The number of methoxy groups -OCH3 is 1. The van der Waals surface area contributed by atoms with Gasteiger partial charge in [-0.05, 0) is 37.1 Å². The highest BCUT2D eigenvalue weighted by molar-refractivity contribution is 5.83. The maximum Gasteiger partial charge on any atom is 0.119 e. The Kier molecular flexibility index (Phi) is 2.05. The molecule has 1 atom stereocenters. The van der Waals surface area contributed by atoms with E-state index in [1.165, 1.54) is 5.56 Å². The van der Waals surface area contributed by atoms with Crippen molar-refractivity contribution in [3.8, 4) is 5.75 Å². The van der Waals surface area contributed by atoms with Crippen molar-refractivity contribution in [1.29, 1.82) is 0 Å². The van der Waals surface area contributed by atoms with E-state index in [2.05, 4.69) is 24.2 Å². The molecule has 1 aliphatic heterocycles. The average molecular weight is 174 g/mol. The van der Waals surface area contributed by atoms with Crippen LogP contribution in [0.1, 0.15) is 18.1 Å². The zero-order chi connectivity index (χ0) is 9.26. The minimum Gasteiger partial charge on any atom is -0.497 e. The highest BCUT2D eigenvalue weighted by Gasteiger charge is 2.11. The minimum absolute atomic E-state index is 0.347. The molecule has 0 saturated heterocycles. The van der Waals surface area contributed by atoms with Crippen molar-refractivity contribution in [3.05, 3.63) is 29.3 Å². The number of nitrogens with zero attached hydrogens (tertiary/aromatic N) is 1. The van der Waals surface area contributed by atoms with E-state index in [1.807, 2.05) is 12.1 Å². The van der Waals surface area contributed by atoms with E-state index < -0.39 is 0 Å². The van der Waals surface area contributed by atoms with Gasteiger partial charge < -0.3 is 4.74 Å². The maximum absolute atomic E-state index is 5.16. The molecule has 0 saturated carbocycles. The van der Waals surface area contributed by atoms with Gasteiger partial charge in [0.05, 0.1) is 19.4 Å². The van der Waals surface area contributed by atoms with Crippen molar-refractivity contribution in [2.45, 2.75) is 19.4 Å². The van der Waals surface area contributed by atoms with Gasteiger partial charge in [-0.2, -0.15) is 0 Å². The van der Waals surface area contributed by atoms with Crippen LogP contribution in [-0.2, 0) is 6.42 Å². The standard InChI is InChI=1S/C11H12NO/c1-8-5-10-6-11(13-2)4-3-9(10)7-12-8/h3-4,6,8H,5H2,1-2H3. The van der Waals surface area contributed by atoms with Crippen LogP contribution in [-0.4, -0.2) is 19.4 Å². The summed E-state index contributed by atoms with van der Waals surface area (Å²) in [4.78, 5) is 4.24. The van der Waals surface area contributed by atoms with Gasteiger partial charge in [0.15, 0.2) is 0 Å². The Morgan fingerprint density at radius 3 is 3.15 bits per heavy atom. The Hall–Kier alpha value is -1.31. The van der Waals surface area contributed by atoms with Gasteiger partial charge in [0, 0.05) is 5.56 Å². The summed E-state index contributed by atoms with van der Waals surface area (Å²) in [6.45, 7) is 2.09. The molecule has 1 aromatic carbocycles. The smallest absolute Gasteiger partial charge is 0.119 e. The van der Waals surface area contributed by atoms with Gasteiger partial charge in [-0.3, -0.25) is 4.99 Å². The Bertz CT molecular complexity index is 344. The lowest BCUT2D eigenvalue weighted by Gasteiger charge is -2.15. The topological polar surface area (TPSA) is 21.6 Å². The quantitative estimate of drug-likeness (QED) is 0.637.